The third-order valence-electron chi connectivity index (χ3n) is 3.42. The van der Waals surface area contributed by atoms with Gasteiger partial charge in [0.2, 0.25) is 5.91 Å². The molecule has 6 heteroatoms. The molecule has 2 heterocycles. The van der Waals surface area contributed by atoms with Crippen molar-refractivity contribution in [1.82, 2.24) is 10.3 Å². The zero-order valence-corrected chi connectivity index (χ0v) is 12.9. The van der Waals surface area contributed by atoms with Gasteiger partial charge in [0.05, 0.1) is 16.1 Å². The number of halogens is 1. The fraction of sp³-hybridized carbons (Fsp3) is 0.385. The predicted molar refractivity (Wildman–Crippen MR) is 81.7 cm³/mol. The van der Waals surface area contributed by atoms with Gasteiger partial charge in [-0.2, -0.15) is 0 Å². The second-order valence-electron chi connectivity index (χ2n) is 4.65. The van der Waals surface area contributed by atoms with Gasteiger partial charge in [-0.1, -0.05) is 27.3 Å². The van der Waals surface area contributed by atoms with Gasteiger partial charge in [-0.25, -0.2) is 4.98 Å². The van der Waals surface area contributed by atoms with Crippen molar-refractivity contribution in [3.63, 3.8) is 0 Å². The van der Waals surface area contributed by atoms with Crippen LogP contribution in [-0.4, -0.2) is 31.0 Å². The van der Waals surface area contributed by atoms with E-state index in [2.05, 4.69) is 37.2 Å². The van der Waals surface area contributed by atoms with E-state index < -0.39 is 0 Å². The van der Waals surface area contributed by atoms with E-state index >= 15 is 0 Å². The van der Waals surface area contributed by atoms with Gasteiger partial charge in [-0.3, -0.25) is 4.79 Å². The van der Waals surface area contributed by atoms with E-state index in [1.54, 1.807) is 18.4 Å². The Morgan fingerprint density at radius 3 is 3.21 bits per heavy atom. The molecule has 1 N–H and O–H groups in total. The number of anilines is 1. The summed E-state index contributed by atoms with van der Waals surface area (Å²) in [6.45, 7) is 1.67. The van der Waals surface area contributed by atoms with E-state index in [4.69, 9.17) is 0 Å². The van der Waals surface area contributed by atoms with E-state index in [1.165, 1.54) is 4.70 Å². The van der Waals surface area contributed by atoms with Crippen molar-refractivity contribution in [3.8, 4) is 0 Å². The number of thiazole rings is 1. The highest BCUT2D eigenvalue weighted by Crippen LogP contribution is 2.33. The molecule has 2 aromatic rings. The molecule has 1 aliphatic rings. The molecule has 1 fully saturated rings. The first-order valence-electron chi connectivity index (χ1n) is 6.20. The Morgan fingerprint density at radius 2 is 2.42 bits per heavy atom. The van der Waals surface area contributed by atoms with Crippen LogP contribution in [0.15, 0.2) is 22.7 Å². The van der Waals surface area contributed by atoms with Crippen LogP contribution in [0.5, 0.6) is 0 Å². The number of rotatable bonds is 2. The summed E-state index contributed by atoms with van der Waals surface area (Å²) in [5, 5.41) is 3.74. The Labute approximate surface area is 123 Å². The summed E-state index contributed by atoms with van der Waals surface area (Å²) in [6.07, 6.45) is 0.902. The molecule has 19 heavy (non-hydrogen) atoms. The van der Waals surface area contributed by atoms with Gasteiger partial charge >= 0.3 is 0 Å². The second kappa shape index (κ2) is 5.09. The average Bonchev–Trinajstić information content (AvgIpc) is 3.03. The van der Waals surface area contributed by atoms with Crippen molar-refractivity contribution in [2.75, 3.05) is 25.0 Å². The van der Waals surface area contributed by atoms with E-state index in [0.29, 0.717) is 0 Å². The number of carbonyl (C=O) groups is 1. The molecule has 3 rings (SSSR count). The first-order chi connectivity index (χ1) is 9.17. The first-order valence-corrected chi connectivity index (χ1v) is 7.81. The van der Waals surface area contributed by atoms with Crippen LogP contribution < -0.4 is 10.2 Å². The minimum atomic E-state index is 0.0868. The van der Waals surface area contributed by atoms with Crippen LogP contribution in [0.25, 0.3) is 10.2 Å². The number of benzene rings is 1. The van der Waals surface area contributed by atoms with Gasteiger partial charge in [0.1, 0.15) is 0 Å². The van der Waals surface area contributed by atoms with Crippen LogP contribution >= 0.6 is 27.3 Å². The molecular formula is C13H14BrN3OS. The summed E-state index contributed by atoms with van der Waals surface area (Å²) < 4.78 is 2.24. The molecule has 1 aromatic heterocycles. The molecule has 1 saturated heterocycles. The molecule has 1 aliphatic heterocycles. The van der Waals surface area contributed by atoms with E-state index in [-0.39, 0.29) is 11.8 Å². The molecule has 1 atom stereocenters. The van der Waals surface area contributed by atoms with Gasteiger partial charge in [-0.05, 0) is 24.6 Å². The highest BCUT2D eigenvalue weighted by Gasteiger charge is 2.29. The van der Waals surface area contributed by atoms with Gasteiger partial charge < -0.3 is 10.2 Å². The van der Waals surface area contributed by atoms with Crippen LogP contribution in [0, 0.1) is 5.92 Å². The van der Waals surface area contributed by atoms with Crippen molar-refractivity contribution < 1.29 is 4.79 Å². The summed E-state index contributed by atoms with van der Waals surface area (Å²) >= 11 is 5.16. The Kier molecular flexibility index (Phi) is 3.45. The van der Waals surface area contributed by atoms with Crippen LogP contribution in [0.1, 0.15) is 6.42 Å². The highest BCUT2D eigenvalue weighted by molar-refractivity contribution is 9.10. The lowest BCUT2D eigenvalue weighted by atomic mass is 10.1. The Bertz CT molecular complexity index is 627. The summed E-state index contributed by atoms with van der Waals surface area (Å²) in [7, 11) is 1.69. The third kappa shape index (κ3) is 2.47. The number of fused-ring (bicyclic) bond motifs is 1. The molecule has 1 aromatic carbocycles. The van der Waals surface area contributed by atoms with Crippen LogP contribution in [0.4, 0.5) is 5.13 Å². The normalized spacial score (nSPS) is 19.1. The number of nitrogens with one attached hydrogen (secondary N) is 1. The number of amides is 1. The lowest BCUT2D eigenvalue weighted by Gasteiger charge is -2.13. The van der Waals surface area contributed by atoms with Crippen LogP contribution in [0.3, 0.4) is 0 Å². The number of hydrogen-bond acceptors (Lipinski definition) is 4. The smallest absolute Gasteiger partial charge is 0.224 e. The van der Waals surface area contributed by atoms with E-state index in [0.717, 1.165) is 34.6 Å². The van der Waals surface area contributed by atoms with E-state index in [9.17, 15) is 4.79 Å². The Balaban J connectivity index is 1.83. The summed E-state index contributed by atoms with van der Waals surface area (Å²) in [5.41, 5.74) is 1.02. The highest BCUT2D eigenvalue weighted by atomic mass is 79.9. The first kappa shape index (κ1) is 12.9. The standard InChI is InChI=1S/C13H14BrN3OS/c1-15-12(18)8-4-5-17(7-8)13-16-10-3-2-9(14)6-11(10)19-13/h2-3,6,8H,4-5,7H2,1H3,(H,15,18). The maximum Gasteiger partial charge on any atom is 0.224 e. The number of carbonyl (C=O) groups excluding carboxylic acids is 1. The maximum atomic E-state index is 11.6. The summed E-state index contributed by atoms with van der Waals surface area (Å²) in [4.78, 5) is 18.5. The molecule has 1 amide bonds. The van der Waals surface area contributed by atoms with Gasteiger partial charge in [-0.15, -0.1) is 0 Å². The van der Waals surface area contributed by atoms with Crippen molar-refractivity contribution >= 4 is 48.5 Å². The molecule has 0 bridgehead atoms. The number of hydrogen-bond donors (Lipinski definition) is 1. The molecule has 0 spiro atoms. The van der Waals surface area contributed by atoms with Crippen LogP contribution in [0.2, 0.25) is 0 Å². The predicted octanol–water partition coefficient (Wildman–Crippen LogP) is 2.63. The van der Waals surface area contributed by atoms with Crippen molar-refractivity contribution in [2.24, 2.45) is 5.92 Å². The molecule has 0 aliphatic carbocycles. The fourth-order valence-electron chi connectivity index (χ4n) is 2.37. The minimum Gasteiger partial charge on any atom is -0.359 e. The number of aromatic nitrogens is 1. The zero-order chi connectivity index (χ0) is 13.4. The van der Waals surface area contributed by atoms with Gasteiger partial charge in [0.25, 0.3) is 0 Å². The van der Waals surface area contributed by atoms with E-state index in [1.807, 2.05) is 12.1 Å². The number of nitrogens with zero attached hydrogens (tertiary/aromatic N) is 2. The van der Waals surface area contributed by atoms with Crippen molar-refractivity contribution in [2.45, 2.75) is 6.42 Å². The molecule has 4 nitrogen and oxygen atoms in total. The zero-order valence-electron chi connectivity index (χ0n) is 10.5. The molecule has 0 saturated carbocycles. The average molecular weight is 340 g/mol. The summed E-state index contributed by atoms with van der Waals surface area (Å²) in [6, 6.07) is 6.11. The van der Waals surface area contributed by atoms with Crippen molar-refractivity contribution in [1.29, 1.82) is 0 Å². The third-order valence-corrected chi connectivity index (χ3v) is 4.99. The molecule has 100 valence electrons. The van der Waals surface area contributed by atoms with Gasteiger partial charge in [0.15, 0.2) is 5.13 Å². The molecule has 1 unspecified atom stereocenters. The monoisotopic (exact) mass is 339 g/mol. The molecular weight excluding hydrogens is 326 g/mol. The van der Waals surface area contributed by atoms with Crippen LogP contribution in [-0.2, 0) is 4.79 Å². The fourth-order valence-corrected chi connectivity index (χ4v) is 3.93. The Hall–Kier alpha value is -1.14. The van der Waals surface area contributed by atoms with Crippen molar-refractivity contribution in [3.05, 3.63) is 22.7 Å². The SMILES string of the molecule is CNC(=O)C1CCN(c2nc3ccc(Br)cc3s2)C1. The lowest BCUT2D eigenvalue weighted by Crippen LogP contribution is -2.30. The maximum absolute atomic E-state index is 11.6. The quantitative estimate of drug-likeness (QED) is 0.914. The largest absolute Gasteiger partial charge is 0.359 e. The summed E-state index contributed by atoms with van der Waals surface area (Å²) in [5.74, 6) is 0.218. The topological polar surface area (TPSA) is 45.2 Å². The Morgan fingerprint density at radius 1 is 1.58 bits per heavy atom. The lowest BCUT2D eigenvalue weighted by molar-refractivity contribution is -0.123. The molecule has 0 radical (unpaired) electrons. The van der Waals surface area contributed by atoms with Gasteiger partial charge in [0, 0.05) is 24.6 Å². The minimum absolute atomic E-state index is 0.0868. The second-order valence-corrected chi connectivity index (χ2v) is 6.58.